The molecule has 15 nitrogen and oxygen atoms in total. The predicted molar refractivity (Wildman–Crippen MR) is 256 cm³/mol. The number of hydrogen-bond acceptors (Lipinski definition) is 12. The number of ether oxygens (including phenoxy) is 1. The summed E-state index contributed by atoms with van der Waals surface area (Å²) in [7, 11) is -6.71. The summed E-state index contributed by atoms with van der Waals surface area (Å²) in [5, 5.41) is 16.7. The van der Waals surface area contributed by atoms with E-state index in [1.165, 1.54) is 41.1 Å². The molecule has 4 heterocycles. The van der Waals surface area contributed by atoms with Crippen LogP contribution in [-0.4, -0.2) is 122 Å². The molecule has 8 rings (SSSR count). The summed E-state index contributed by atoms with van der Waals surface area (Å²) in [6.07, 6.45) is 8.01. The van der Waals surface area contributed by atoms with Crippen LogP contribution in [0.4, 0.5) is 17.1 Å². The number of benzene rings is 3. The summed E-state index contributed by atoms with van der Waals surface area (Å²) in [6.45, 7) is 13.1. The number of rotatable bonds is 14. The average molecular weight is 931 g/mol. The number of carbonyl (C=O) groups excluding carboxylic acids is 1. The van der Waals surface area contributed by atoms with Crippen LogP contribution < -0.4 is 19.7 Å². The number of piperazine rings is 1. The Morgan fingerprint density at radius 2 is 1.75 bits per heavy atom. The van der Waals surface area contributed by atoms with Crippen molar-refractivity contribution in [3.8, 4) is 11.5 Å². The van der Waals surface area contributed by atoms with Crippen LogP contribution in [0.25, 0.3) is 16.6 Å². The molecular formula is C46H56ClN8O7PS. The van der Waals surface area contributed by atoms with Crippen LogP contribution in [0.2, 0.25) is 5.02 Å². The molecule has 5 aromatic rings. The minimum Gasteiger partial charge on any atom is -0.455 e. The van der Waals surface area contributed by atoms with Gasteiger partial charge in [-0.2, -0.15) is 0 Å². The van der Waals surface area contributed by atoms with Gasteiger partial charge < -0.3 is 14.6 Å². The molecule has 0 radical (unpaired) electrons. The molecule has 4 N–H and O–H groups in total. The summed E-state index contributed by atoms with van der Waals surface area (Å²) >= 11 is 6.24. The monoisotopic (exact) mass is 930 g/mol. The largest absolute Gasteiger partial charge is 0.455 e. The second kappa shape index (κ2) is 18.8. The third-order valence-electron chi connectivity index (χ3n) is 12.7. The van der Waals surface area contributed by atoms with Crippen molar-refractivity contribution in [1.82, 2.24) is 24.5 Å². The SMILES string of the molecule is CC1(C)CCC(CN2CCN(c3ccc(C(=O)NS(=O)(=O)c4ccc(NCCN5CC[PH](C)(O)CC5)c([N+](=O)[O-])c4)c(Oc4cnc5[nH]ccc5c4)c3)CC2)=C(c2ccc(Cl)cc2)C1. The van der Waals surface area contributed by atoms with Gasteiger partial charge in [-0.25, -0.2) is 4.98 Å². The van der Waals surface area contributed by atoms with Gasteiger partial charge in [0, 0.05) is 61.1 Å². The number of pyridine rings is 1. The molecule has 3 aromatic carbocycles. The predicted octanol–water partition coefficient (Wildman–Crippen LogP) is 7.84. The molecule has 0 saturated carbocycles. The van der Waals surface area contributed by atoms with E-state index in [0.29, 0.717) is 24.5 Å². The number of nitrogens with zero attached hydrogens (tertiary/aromatic N) is 5. The molecule has 2 fully saturated rings. The maximum absolute atomic E-state index is 14.0. The number of amides is 1. The van der Waals surface area contributed by atoms with Gasteiger partial charge in [0.25, 0.3) is 5.91 Å². The Balaban J connectivity index is 0.980. The van der Waals surface area contributed by atoms with Crippen molar-refractivity contribution in [2.75, 3.05) is 88.1 Å². The van der Waals surface area contributed by atoms with Gasteiger partial charge in [0.05, 0.1) is 11.8 Å². The van der Waals surface area contributed by atoms with E-state index in [1.807, 2.05) is 24.9 Å². The van der Waals surface area contributed by atoms with Crippen LogP contribution in [0.15, 0.2) is 95.7 Å². The van der Waals surface area contributed by atoms with Crippen molar-refractivity contribution in [3.63, 3.8) is 0 Å². The van der Waals surface area contributed by atoms with Crippen molar-refractivity contribution in [2.45, 2.75) is 38.0 Å². The van der Waals surface area contributed by atoms with Gasteiger partial charge in [-0.3, -0.25) is 9.69 Å². The molecule has 2 aromatic heterocycles. The van der Waals surface area contributed by atoms with Gasteiger partial charge in [-0.15, -0.1) is 0 Å². The number of halogens is 1. The van der Waals surface area contributed by atoms with Gasteiger partial charge in [0.1, 0.15) is 17.1 Å². The zero-order valence-corrected chi connectivity index (χ0v) is 39.0. The number of fused-ring (bicyclic) bond motifs is 1. The molecule has 0 bridgehead atoms. The number of anilines is 2. The maximum Gasteiger partial charge on any atom is 0.146 e. The van der Waals surface area contributed by atoms with Crippen LogP contribution >= 0.6 is 19.1 Å². The van der Waals surface area contributed by atoms with Gasteiger partial charge >= 0.3 is 140 Å². The number of carbonyl (C=O) groups is 1. The molecule has 3 aliphatic rings. The summed E-state index contributed by atoms with van der Waals surface area (Å²) in [6, 6.07) is 20.4. The minimum absolute atomic E-state index is 0.0447. The first-order valence-electron chi connectivity index (χ1n) is 21.7. The zero-order valence-electron chi connectivity index (χ0n) is 36.4. The number of sulfonamides is 1. The minimum atomic E-state index is -4.58. The first-order valence-corrected chi connectivity index (χ1v) is 26.5. The maximum atomic E-state index is 14.0. The fourth-order valence-corrected chi connectivity index (χ4v) is 11.8. The van der Waals surface area contributed by atoms with E-state index in [4.69, 9.17) is 16.3 Å². The smallest absolute Gasteiger partial charge is 0.146 e. The number of aromatic nitrogens is 2. The van der Waals surface area contributed by atoms with Crippen molar-refractivity contribution in [1.29, 1.82) is 0 Å². The molecule has 1 amide bonds. The zero-order chi connectivity index (χ0) is 45.2. The molecule has 340 valence electrons. The molecule has 2 saturated heterocycles. The van der Waals surface area contributed by atoms with Crippen molar-refractivity contribution >= 4 is 68.7 Å². The van der Waals surface area contributed by atoms with E-state index in [9.17, 15) is 28.2 Å². The average Bonchev–Trinajstić information content (AvgIpc) is 3.73. The number of nitro groups is 1. The molecule has 0 spiro atoms. The number of nitrogens with one attached hydrogen (secondary N) is 3. The number of allylic oxidation sites excluding steroid dienone is 1. The van der Waals surface area contributed by atoms with Gasteiger partial charge in [-0.05, 0) is 72.2 Å². The van der Waals surface area contributed by atoms with Crippen LogP contribution in [0.5, 0.6) is 11.5 Å². The van der Waals surface area contributed by atoms with Gasteiger partial charge in [0.2, 0.25) is 0 Å². The van der Waals surface area contributed by atoms with E-state index < -0.39 is 38.9 Å². The summed E-state index contributed by atoms with van der Waals surface area (Å²) in [4.78, 5) is 49.8. The summed E-state index contributed by atoms with van der Waals surface area (Å²) < 4.78 is 35.9. The molecule has 0 unspecified atom stereocenters. The standard InChI is InChI=1S/C46H56ClN8O7PS/c1-46(2)14-12-34(40(29-46)32-4-6-35(47)7-5-32)31-53-18-20-54(21-19-53)36-8-10-39(43(27-36)62-37-26-33-13-15-49-44(33)50-30-37)45(56)51-64(60,61)38-9-11-41(42(28-38)55(57)58)48-16-17-52-22-24-63(3,59)25-23-52/h4-11,13,15,26-28,30,48,59,63H,12,14,16-25,29,31H2,1-3H3,(H,49,50)(H,51,56). The van der Waals surface area contributed by atoms with E-state index in [-0.39, 0.29) is 22.4 Å². The van der Waals surface area contributed by atoms with Gasteiger partial charge in [0.15, 0.2) is 0 Å². The Labute approximate surface area is 379 Å². The van der Waals surface area contributed by atoms with E-state index in [2.05, 4.69) is 60.7 Å². The quantitative estimate of drug-likeness (QED) is 0.0481. The molecule has 64 heavy (non-hydrogen) atoms. The van der Waals surface area contributed by atoms with Crippen LogP contribution in [0, 0.1) is 15.5 Å². The number of hydrogen-bond donors (Lipinski definition) is 4. The Hall–Kier alpha value is -5.09. The third-order valence-corrected chi connectivity index (χ3v) is 16.9. The first kappa shape index (κ1) is 45.5. The number of aromatic amines is 1. The molecular weight excluding hydrogens is 875 g/mol. The van der Waals surface area contributed by atoms with Crippen LogP contribution in [0.3, 0.4) is 0 Å². The van der Waals surface area contributed by atoms with E-state index in [0.717, 1.165) is 99.6 Å². The molecule has 1 aliphatic carbocycles. The second-order valence-electron chi connectivity index (χ2n) is 18.2. The number of H-pyrrole nitrogens is 1. The summed E-state index contributed by atoms with van der Waals surface area (Å²) in [5.41, 5.74) is 5.46. The van der Waals surface area contributed by atoms with Crippen LogP contribution in [-0.2, 0) is 10.0 Å². The Bertz CT molecular complexity index is 2670. The fourth-order valence-electron chi connectivity index (χ4n) is 8.80. The Kier molecular flexibility index (Phi) is 13.4. The summed E-state index contributed by atoms with van der Waals surface area (Å²) in [5.74, 6) is -0.493. The third kappa shape index (κ3) is 10.9. The topological polar surface area (TPSA) is 186 Å². The Morgan fingerprint density at radius 3 is 2.48 bits per heavy atom. The first-order chi connectivity index (χ1) is 30.5. The van der Waals surface area contributed by atoms with E-state index >= 15 is 0 Å². The molecule has 18 heteroatoms. The van der Waals surface area contributed by atoms with Crippen molar-refractivity contribution in [3.05, 3.63) is 117 Å². The number of nitro benzene ring substituents is 1. The second-order valence-corrected chi connectivity index (χ2v) is 24.3. The van der Waals surface area contributed by atoms with Gasteiger partial charge in [-0.1, -0.05) is 43.2 Å². The normalized spacial score (nSPS) is 18.7. The Morgan fingerprint density at radius 1 is 1.00 bits per heavy atom. The van der Waals surface area contributed by atoms with Crippen molar-refractivity contribution in [2.24, 2.45) is 5.41 Å². The van der Waals surface area contributed by atoms with E-state index in [1.54, 1.807) is 24.4 Å². The van der Waals surface area contributed by atoms with Crippen LogP contribution in [0.1, 0.15) is 49.0 Å². The fraction of sp³-hybridized carbons (Fsp3) is 0.391. The molecule has 0 atom stereocenters. The van der Waals surface area contributed by atoms with Crippen molar-refractivity contribution < 1.29 is 27.8 Å². The molecule has 2 aliphatic heterocycles.